The highest BCUT2D eigenvalue weighted by atomic mass is 19.3. The third-order valence-electron chi connectivity index (χ3n) is 4.02. The molecule has 0 spiro atoms. The molecule has 0 saturated heterocycles. The maximum Gasteiger partial charge on any atom is 0.282 e. The van der Waals surface area contributed by atoms with Gasteiger partial charge in [0.25, 0.3) is 6.43 Å². The van der Waals surface area contributed by atoms with Crippen LogP contribution in [0.3, 0.4) is 0 Å². The van der Waals surface area contributed by atoms with Gasteiger partial charge in [-0.1, -0.05) is 23.4 Å². The Morgan fingerprint density at radius 3 is 2.88 bits per heavy atom. The number of nitrogens with zero attached hydrogens (tertiary/aromatic N) is 5. The van der Waals surface area contributed by atoms with Crippen LogP contribution in [0.15, 0.2) is 47.2 Å². The van der Waals surface area contributed by atoms with Gasteiger partial charge in [0.2, 0.25) is 11.7 Å². The molecule has 0 aliphatic heterocycles. The SMILES string of the molecule is Cn1cc(-c2noc(CCn3ccc4ccccc43)n2)c(C(F)F)n1. The van der Waals surface area contributed by atoms with Gasteiger partial charge >= 0.3 is 0 Å². The molecule has 8 heteroatoms. The molecule has 0 saturated carbocycles. The molecule has 3 heterocycles. The van der Waals surface area contributed by atoms with E-state index in [0.717, 1.165) is 10.9 Å². The zero-order valence-electron chi connectivity index (χ0n) is 13.4. The van der Waals surface area contributed by atoms with Gasteiger partial charge in [0.05, 0.1) is 5.56 Å². The van der Waals surface area contributed by atoms with Gasteiger partial charge in [-0.2, -0.15) is 10.1 Å². The predicted octanol–water partition coefficient (Wildman–Crippen LogP) is 3.61. The van der Waals surface area contributed by atoms with Crippen LogP contribution >= 0.6 is 0 Å². The summed E-state index contributed by atoms with van der Waals surface area (Å²) in [5.74, 6) is 0.535. The van der Waals surface area contributed by atoms with Gasteiger partial charge in [-0.05, 0) is 17.5 Å². The standard InChI is InChI=1S/C17H15F2N5O/c1-23-10-12(15(21-23)16(18)19)17-20-14(25-22-17)7-9-24-8-6-11-4-2-3-5-13(11)24/h2-6,8,10,16H,7,9H2,1H3. The van der Waals surface area contributed by atoms with Crippen LogP contribution < -0.4 is 0 Å². The summed E-state index contributed by atoms with van der Waals surface area (Å²) in [5, 5.41) is 8.74. The summed E-state index contributed by atoms with van der Waals surface area (Å²) in [6.45, 7) is 0.657. The zero-order chi connectivity index (χ0) is 17.4. The number of para-hydroxylation sites is 1. The number of rotatable bonds is 5. The van der Waals surface area contributed by atoms with E-state index < -0.39 is 6.43 Å². The molecule has 25 heavy (non-hydrogen) atoms. The first-order valence-electron chi connectivity index (χ1n) is 7.80. The van der Waals surface area contributed by atoms with E-state index in [2.05, 4.69) is 19.8 Å². The molecule has 1 aromatic carbocycles. The van der Waals surface area contributed by atoms with Gasteiger partial charge in [0.1, 0.15) is 5.69 Å². The molecule has 6 nitrogen and oxygen atoms in total. The van der Waals surface area contributed by atoms with Gasteiger partial charge in [-0.25, -0.2) is 8.78 Å². The average molecular weight is 343 g/mol. The Balaban J connectivity index is 1.54. The van der Waals surface area contributed by atoms with E-state index in [1.165, 1.54) is 10.9 Å². The monoisotopic (exact) mass is 343 g/mol. The van der Waals surface area contributed by atoms with Crippen LogP contribution in [0.2, 0.25) is 0 Å². The molecule has 0 N–H and O–H groups in total. The van der Waals surface area contributed by atoms with Crippen molar-refractivity contribution in [1.29, 1.82) is 0 Å². The molecule has 0 amide bonds. The highest BCUT2D eigenvalue weighted by molar-refractivity contribution is 5.79. The lowest BCUT2D eigenvalue weighted by Crippen LogP contribution is -2.00. The Hall–Kier alpha value is -3.03. The lowest BCUT2D eigenvalue weighted by atomic mass is 10.2. The minimum absolute atomic E-state index is 0.135. The predicted molar refractivity (Wildman–Crippen MR) is 87.1 cm³/mol. The van der Waals surface area contributed by atoms with E-state index >= 15 is 0 Å². The smallest absolute Gasteiger partial charge is 0.282 e. The lowest BCUT2D eigenvalue weighted by Gasteiger charge is -2.02. The molecule has 0 unspecified atom stereocenters. The number of aryl methyl sites for hydroxylation is 3. The fourth-order valence-electron chi connectivity index (χ4n) is 2.86. The average Bonchev–Trinajstić information content (AvgIpc) is 3.30. The van der Waals surface area contributed by atoms with E-state index in [1.807, 2.05) is 36.5 Å². The molecule has 128 valence electrons. The van der Waals surface area contributed by atoms with E-state index in [-0.39, 0.29) is 17.1 Å². The van der Waals surface area contributed by atoms with E-state index in [4.69, 9.17) is 4.52 Å². The minimum atomic E-state index is -2.69. The summed E-state index contributed by atoms with van der Waals surface area (Å²) in [6.07, 6.45) is 1.29. The number of halogens is 2. The zero-order valence-corrected chi connectivity index (χ0v) is 13.4. The molecule has 0 aliphatic rings. The maximum atomic E-state index is 13.1. The summed E-state index contributed by atoms with van der Waals surface area (Å²) in [7, 11) is 1.58. The quantitative estimate of drug-likeness (QED) is 0.555. The molecule has 0 aliphatic carbocycles. The third kappa shape index (κ3) is 2.90. The summed E-state index contributed by atoms with van der Waals surface area (Å²) in [4.78, 5) is 4.24. The normalized spacial score (nSPS) is 11.7. The Kier molecular flexibility index (Phi) is 3.79. The summed E-state index contributed by atoms with van der Waals surface area (Å²) in [6, 6.07) is 10.1. The molecular formula is C17H15F2N5O. The number of aromatic nitrogens is 5. The second-order valence-electron chi connectivity index (χ2n) is 5.73. The molecule has 4 rings (SSSR count). The number of fused-ring (bicyclic) bond motifs is 1. The summed E-state index contributed by atoms with van der Waals surface area (Å²) < 4.78 is 34.7. The van der Waals surface area contributed by atoms with Crippen molar-refractivity contribution in [3.63, 3.8) is 0 Å². The first-order valence-corrected chi connectivity index (χ1v) is 7.80. The number of alkyl halides is 2. The van der Waals surface area contributed by atoms with Crippen LogP contribution in [0.4, 0.5) is 8.78 Å². The molecule has 0 atom stereocenters. The topological polar surface area (TPSA) is 61.7 Å². The summed E-state index contributed by atoms with van der Waals surface area (Å²) >= 11 is 0. The molecule has 3 aromatic heterocycles. The minimum Gasteiger partial charge on any atom is -0.347 e. The van der Waals surface area contributed by atoms with Crippen molar-refractivity contribution in [2.75, 3.05) is 0 Å². The fraction of sp³-hybridized carbons (Fsp3) is 0.235. The van der Waals surface area contributed by atoms with Crippen molar-refractivity contribution in [3.8, 4) is 11.4 Å². The van der Waals surface area contributed by atoms with Crippen LogP contribution in [0.25, 0.3) is 22.3 Å². The number of hydrogen-bond acceptors (Lipinski definition) is 4. The molecule has 0 radical (unpaired) electrons. The van der Waals surface area contributed by atoms with Crippen molar-refractivity contribution in [3.05, 3.63) is 54.3 Å². The van der Waals surface area contributed by atoms with Crippen LogP contribution in [-0.2, 0) is 20.0 Å². The van der Waals surface area contributed by atoms with Crippen LogP contribution in [0, 0.1) is 0 Å². The fourth-order valence-corrected chi connectivity index (χ4v) is 2.86. The highest BCUT2D eigenvalue weighted by Gasteiger charge is 2.22. The Labute approximate surface area is 141 Å². The Morgan fingerprint density at radius 2 is 2.04 bits per heavy atom. The largest absolute Gasteiger partial charge is 0.347 e. The number of benzene rings is 1. The van der Waals surface area contributed by atoms with E-state index in [9.17, 15) is 8.78 Å². The Morgan fingerprint density at radius 1 is 1.20 bits per heavy atom. The van der Waals surface area contributed by atoms with Crippen molar-refractivity contribution in [2.45, 2.75) is 19.4 Å². The van der Waals surface area contributed by atoms with Gasteiger partial charge in [-0.3, -0.25) is 4.68 Å². The van der Waals surface area contributed by atoms with Crippen LogP contribution in [0.5, 0.6) is 0 Å². The Bertz CT molecular complexity index is 1020. The molecule has 4 aromatic rings. The van der Waals surface area contributed by atoms with Crippen molar-refractivity contribution >= 4 is 10.9 Å². The second-order valence-corrected chi connectivity index (χ2v) is 5.73. The third-order valence-corrected chi connectivity index (χ3v) is 4.02. The highest BCUT2D eigenvalue weighted by Crippen LogP contribution is 2.28. The van der Waals surface area contributed by atoms with Gasteiger partial charge in [-0.15, -0.1) is 0 Å². The van der Waals surface area contributed by atoms with Gasteiger partial charge in [0, 0.05) is 37.9 Å². The van der Waals surface area contributed by atoms with Crippen LogP contribution in [-0.4, -0.2) is 24.5 Å². The van der Waals surface area contributed by atoms with Crippen LogP contribution in [0.1, 0.15) is 18.0 Å². The first-order chi connectivity index (χ1) is 12.1. The molecule has 0 bridgehead atoms. The second kappa shape index (κ2) is 6.12. The van der Waals surface area contributed by atoms with Crippen molar-refractivity contribution < 1.29 is 13.3 Å². The van der Waals surface area contributed by atoms with Gasteiger partial charge < -0.3 is 9.09 Å². The first kappa shape index (κ1) is 15.5. The maximum absolute atomic E-state index is 13.1. The van der Waals surface area contributed by atoms with Crippen molar-refractivity contribution in [2.24, 2.45) is 7.05 Å². The lowest BCUT2D eigenvalue weighted by molar-refractivity contribution is 0.145. The van der Waals surface area contributed by atoms with Crippen molar-refractivity contribution in [1.82, 2.24) is 24.5 Å². The van der Waals surface area contributed by atoms with Gasteiger partial charge in [0.15, 0.2) is 0 Å². The molecule has 0 fully saturated rings. The number of hydrogen-bond donors (Lipinski definition) is 0. The van der Waals surface area contributed by atoms with E-state index in [1.54, 1.807) is 7.05 Å². The van der Waals surface area contributed by atoms with E-state index in [0.29, 0.717) is 18.9 Å². The molecular weight excluding hydrogens is 328 g/mol. The summed E-state index contributed by atoms with van der Waals surface area (Å²) in [5.41, 5.74) is 0.972.